The summed E-state index contributed by atoms with van der Waals surface area (Å²) in [5, 5.41) is 17.4. The van der Waals surface area contributed by atoms with E-state index in [1.165, 1.54) is 0 Å². The molecule has 0 fully saturated rings. The third-order valence-corrected chi connectivity index (χ3v) is 4.95. The highest BCUT2D eigenvalue weighted by molar-refractivity contribution is 5.87. The number of carboxylic acid groups (broad SMARTS) is 1. The van der Waals surface area contributed by atoms with E-state index in [1.54, 1.807) is 24.3 Å². The normalized spacial score (nSPS) is 11.3. The number of rotatable bonds is 30. The van der Waals surface area contributed by atoms with Crippen LogP contribution in [0.3, 0.4) is 0 Å². The van der Waals surface area contributed by atoms with Crippen molar-refractivity contribution >= 4 is 5.97 Å². The first kappa shape index (κ1) is 35.3. The Balaban J connectivity index is 1.68. The number of aliphatic hydroxyl groups excluding tert-OH is 1. The van der Waals surface area contributed by atoms with Crippen molar-refractivity contribution in [3.05, 3.63) is 35.4 Å². The second-order valence-corrected chi connectivity index (χ2v) is 7.99. The molecule has 0 aliphatic carbocycles. The van der Waals surface area contributed by atoms with Gasteiger partial charge in [0.05, 0.1) is 131 Å². The number of carboxylic acids is 1. The van der Waals surface area contributed by atoms with E-state index in [-0.39, 0.29) is 12.2 Å². The molecule has 0 bridgehead atoms. The molecular weight excluding hydrogens is 516 g/mol. The Hall–Kier alpha value is -1.71. The van der Waals surface area contributed by atoms with Gasteiger partial charge in [-0.3, -0.25) is 0 Å². The molecule has 0 heterocycles. The van der Waals surface area contributed by atoms with E-state index in [0.717, 1.165) is 12.0 Å². The molecule has 0 radical (unpaired) electrons. The third kappa shape index (κ3) is 23.9. The van der Waals surface area contributed by atoms with E-state index in [4.69, 9.17) is 52.8 Å². The summed E-state index contributed by atoms with van der Waals surface area (Å²) in [5.41, 5.74) is 1.32. The Kier molecular flexibility index (Phi) is 25.2. The van der Waals surface area contributed by atoms with Gasteiger partial charge >= 0.3 is 5.97 Å². The number of aliphatic hydroxyl groups is 1. The van der Waals surface area contributed by atoms with Gasteiger partial charge < -0.3 is 52.8 Å². The molecule has 0 unspecified atom stereocenters. The van der Waals surface area contributed by atoms with Crippen molar-refractivity contribution in [1.29, 1.82) is 0 Å². The van der Waals surface area contributed by atoms with Gasteiger partial charge in [0, 0.05) is 0 Å². The summed E-state index contributed by atoms with van der Waals surface area (Å²) in [6.45, 7) is 8.80. The van der Waals surface area contributed by atoms with Gasteiger partial charge in [-0.2, -0.15) is 0 Å². The molecule has 226 valence electrons. The molecule has 0 atom stereocenters. The van der Waals surface area contributed by atoms with Crippen molar-refractivity contribution in [3.8, 4) is 0 Å². The second kappa shape index (κ2) is 27.8. The average molecular weight is 563 g/mol. The fourth-order valence-electron chi connectivity index (χ4n) is 2.93. The summed E-state index contributed by atoms with van der Waals surface area (Å²) in [6.07, 6.45) is 0.722. The van der Waals surface area contributed by atoms with Gasteiger partial charge in [0.1, 0.15) is 0 Å². The molecule has 0 aliphatic heterocycles. The Morgan fingerprint density at radius 2 is 0.744 bits per heavy atom. The molecule has 2 N–H and O–H groups in total. The molecule has 0 saturated carbocycles. The number of hydrogen-bond donors (Lipinski definition) is 2. The lowest BCUT2D eigenvalue weighted by Gasteiger charge is -2.09. The fraction of sp³-hybridized carbons (Fsp3) is 0.741. The van der Waals surface area contributed by atoms with Gasteiger partial charge in [-0.25, -0.2) is 4.79 Å². The zero-order chi connectivity index (χ0) is 28.1. The number of carbonyl (C=O) groups is 1. The zero-order valence-corrected chi connectivity index (χ0v) is 22.9. The first-order valence-corrected chi connectivity index (χ1v) is 13.4. The standard InChI is InChI=1S/C27H46O12/c28-6-8-32-10-12-34-14-16-36-18-20-38-22-24-39-23-21-37-19-17-35-15-13-33-11-9-31-7-5-25-1-3-26(4-2-25)27(29)30/h1-4,28H,5-24H2,(H,29,30). The molecule has 39 heavy (non-hydrogen) atoms. The number of ether oxygens (including phenoxy) is 9. The predicted octanol–water partition coefficient (Wildman–Crippen LogP) is 1.07. The molecule has 0 aromatic heterocycles. The number of aromatic carboxylic acids is 1. The highest BCUT2D eigenvalue weighted by atomic mass is 16.6. The van der Waals surface area contributed by atoms with Crippen molar-refractivity contribution in [3.63, 3.8) is 0 Å². The van der Waals surface area contributed by atoms with Gasteiger partial charge in [0.25, 0.3) is 0 Å². The molecule has 0 amide bonds. The van der Waals surface area contributed by atoms with Crippen LogP contribution in [0, 0.1) is 0 Å². The van der Waals surface area contributed by atoms with Crippen molar-refractivity contribution in [1.82, 2.24) is 0 Å². The lowest BCUT2D eigenvalue weighted by Crippen LogP contribution is -2.15. The smallest absolute Gasteiger partial charge is 0.335 e. The summed E-state index contributed by atoms with van der Waals surface area (Å²) >= 11 is 0. The topological polar surface area (TPSA) is 141 Å². The van der Waals surface area contributed by atoms with Crippen LogP contribution in [0.1, 0.15) is 15.9 Å². The molecule has 0 aliphatic rings. The van der Waals surface area contributed by atoms with Crippen LogP contribution in [0.25, 0.3) is 0 Å². The van der Waals surface area contributed by atoms with Crippen LogP contribution in [0.15, 0.2) is 24.3 Å². The zero-order valence-electron chi connectivity index (χ0n) is 22.9. The molecule has 1 aromatic carbocycles. The molecule has 0 spiro atoms. The Bertz CT molecular complexity index is 659. The van der Waals surface area contributed by atoms with Gasteiger partial charge in [-0.15, -0.1) is 0 Å². The Morgan fingerprint density at radius 3 is 1.03 bits per heavy atom. The van der Waals surface area contributed by atoms with Crippen molar-refractivity contribution in [2.45, 2.75) is 6.42 Å². The average Bonchev–Trinajstić information content (AvgIpc) is 2.94. The van der Waals surface area contributed by atoms with E-state index in [2.05, 4.69) is 0 Å². The third-order valence-electron chi connectivity index (χ3n) is 4.95. The molecular formula is C27H46O12. The van der Waals surface area contributed by atoms with Crippen LogP contribution in [0.4, 0.5) is 0 Å². The van der Waals surface area contributed by atoms with Crippen LogP contribution in [0.5, 0.6) is 0 Å². The fourth-order valence-corrected chi connectivity index (χ4v) is 2.93. The van der Waals surface area contributed by atoms with E-state index in [9.17, 15) is 4.79 Å². The predicted molar refractivity (Wildman–Crippen MR) is 142 cm³/mol. The van der Waals surface area contributed by atoms with Crippen molar-refractivity contribution < 1.29 is 57.6 Å². The quantitative estimate of drug-likeness (QED) is 0.130. The minimum Gasteiger partial charge on any atom is -0.478 e. The van der Waals surface area contributed by atoms with Crippen LogP contribution < -0.4 is 0 Å². The molecule has 12 nitrogen and oxygen atoms in total. The maximum Gasteiger partial charge on any atom is 0.335 e. The maximum atomic E-state index is 10.8. The van der Waals surface area contributed by atoms with Gasteiger partial charge in [0.2, 0.25) is 0 Å². The minimum absolute atomic E-state index is 0.0222. The highest BCUT2D eigenvalue weighted by Gasteiger charge is 2.01. The monoisotopic (exact) mass is 562 g/mol. The van der Waals surface area contributed by atoms with Crippen LogP contribution in [-0.4, -0.2) is 142 Å². The van der Waals surface area contributed by atoms with Gasteiger partial charge in [-0.1, -0.05) is 12.1 Å². The van der Waals surface area contributed by atoms with Gasteiger partial charge in [-0.05, 0) is 24.1 Å². The minimum atomic E-state index is -0.925. The Labute approximate surface area is 231 Å². The first-order chi connectivity index (χ1) is 19.2. The molecule has 1 rings (SSSR count). The highest BCUT2D eigenvalue weighted by Crippen LogP contribution is 2.05. The van der Waals surface area contributed by atoms with Crippen LogP contribution in [-0.2, 0) is 49.1 Å². The summed E-state index contributed by atoms with van der Waals surface area (Å²) in [6, 6.07) is 6.79. The second-order valence-electron chi connectivity index (χ2n) is 7.99. The van der Waals surface area contributed by atoms with Crippen molar-refractivity contribution in [2.24, 2.45) is 0 Å². The SMILES string of the molecule is O=C(O)c1ccc(CCOCCOCCOCCOCCOCCOCCOCCOCCOCCO)cc1. The maximum absolute atomic E-state index is 10.8. The van der Waals surface area contributed by atoms with E-state index in [0.29, 0.717) is 119 Å². The van der Waals surface area contributed by atoms with Crippen molar-refractivity contribution in [2.75, 3.05) is 126 Å². The lowest BCUT2D eigenvalue weighted by atomic mass is 10.1. The van der Waals surface area contributed by atoms with E-state index in [1.807, 2.05) is 0 Å². The number of hydrogen-bond acceptors (Lipinski definition) is 11. The van der Waals surface area contributed by atoms with E-state index < -0.39 is 5.97 Å². The summed E-state index contributed by atoms with van der Waals surface area (Å²) in [7, 11) is 0. The van der Waals surface area contributed by atoms with Crippen LogP contribution >= 0.6 is 0 Å². The molecule has 12 heteroatoms. The molecule has 0 saturated heterocycles. The van der Waals surface area contributed by atoms with Crippen LogP contribution in [0.2, 0.25) is 0 Å². The summed E-state index contributed by atoms with van der Waals surface area (Å²) in [5.74, 6) is -0.925. The van der Waals surface area contributed by atoms with Gasteiger partial charge in [0.15, 0.2) is 0 Å². The first-order valence-electron chi connectivity index (χ1n) is 13.4. The lowest BCUT2D eigenvalue weighted by molar-refractivity contribution is -0.0254. The van der Waals surface area contributed by atoms with E-state index >= 15 is 0 Å². The summed E-state index contributed by atoms with van der Waals surface area (Å²) < 4.78 is 48.5. The largest absolute Gasteiger partial charge is 0.478 e. The Morgan fingerprint density at radius 1 is 0.462 bits per heavy atom. The number of benzene rings is 1. The molecule has 1 aromatic rings. The summed E-state index contributed by atoms with van der Waals surface area (Å²) in [4.78, 5) is 10.8.